The quantitative estimate of drug-likeness (QED) is 0.376. The Morgan fingerprint density at radius 2 is 1.50 bits per heavy atom. The van der Waals surface area contributed by atoms with Gasteiger partial charge in [0.15, 0.2) is 18.1 Å². The first-order valence-electron chi connectivity index (χ1n) is 11.5. The molecular weight excluding hydrogens is 462 g/mol. The van der Waals surface area contributed by atoms with E-state index < -0.39 is 12.6 Å². The van der Waals surface area contributed by atoms with Gasteiger partial charge in [-0.3, -0.25) is 4.79 Å². The van der Waals surface area contributed by atoms with Crippen LogP contribution in [0, 0.1) is 0 Å². The fourth-order valence-corrected chi connectivity index (χ4v) is 3.78. The Balaban J connectivity index is 1.86. The van der Waals surface area contributed by atoms with E-state index in [9.17, 15) is 9.59 Å². The Morgan fingerprint density at radius 3 is 2.11 bits per heavy atom. The summed E-state index contributed by atoms with van der Waals surface area (Å²) in [5.41, 5.74) is 2.42. The lowest BCUT2D eigenvalue weighted by atomic mass is 10.1. The van der Waals surface area contributed by atoms with Gasteiger partial charge in [0, 0.05) is 24.7 Å². The van der Waals surface area contributed by atoms with Gasteiger partial charge in [0.25, 0.3) is 5.91 Å². The van der Waals surface area contributed by atoms with Crippen molar-refractivity contribution < 1.29 is 33.6 Å². The summed E-state index contributed by atoms with van der Waals surface area (Å²) in [6, 6.07) is 20.4. The summed E-state index contributed by atoms with van der Waals surface area (Å²) in [5.74, 6) is 0.499. The lowest BCUT2D eigenvalue weighted by molar-refractivity contribution is -0.139. The summed E-state index contributed by atoms with van der Waals surface area (Å²) in [5, 5.41) is 8.99. The van der Waals surface area contributed by atoms with Crippen LogP contribution in [0.2, 0.25) is 0 Å². The maximum absolute atomic E-state index is 13.6. The molecule has 3 aromatic rings. The second-order valence-corrected chi connectivity index (χ2v) is 8.08. The van der Waals surface area contributed by atoms with E-state index in [-0.39, 0.29) is 5.91 Å². The molecule has 0 aliphatic heterocycles. The highest BCUT2D eigenvalue weighted by atomic mass is 16.5. The number of hydrogen-bond acceptors (Lipinski definition) is 6. The average Bonchev–Trinajstić information content (AvgIpc) is 2.91. The van der Waals surface area contributed by atoms with Crippen molar-refractivity contribution in [1.29, 1.82) is 0 Å². The fraction of sp³-hybridized carbons (Fsp3) is 0.286. The van der Waals surface area contributed by atoms with Crippen molar-refractivity contribution in [3.8, 4) is 23.0 Å². The zero-order chi connectivity index (χ0) is 25.9. The molecule has 0 atom stereocenters. The molecule has 0 aliphatic carbocycles. The lowest BCUT2D eigenvalue weighted by Gasteiger charge is -2.24. The maximum atomic E-state index is 13.6. The normalized spacial score (nSPS) is 10.4. The number of carbonyl (C=O) groups is 2. The van der Waals surface area contributed by atoms with E-state index in [1.807, 2.05) is 24.3 Å². The molecule has 0 heterocycles. The number of ether oxygens (including phenoxy) is 4. The molecule has 36 heavy (non-hydrogen) atoms. The van der Waals surface area contributed by atoms with E-state index in [0.29, 0.717) is 41.7 Å². The van der Waals surface area contributed by atoms with Crippen LogP contribution in [0.5, 0.6) is 23.0 Å². The molecule has 0 bridgehead atoms. The molecule has 0 aromatic heterocycles. The van der Waals surface area contributed by atoms with E-state index in [2.05, 4.69) is 12.1 Å². The topological polar surface area (TPSA) is 94.5 Å². The van der Waals surface area contributed by atoms with E-state index in [1.165, 1.54) is 26.9 Å². The number of carbonyl (C=O) groups excluding carboxylic acids is 1. The largest absolute Gasteiger partial charge is 0.497 e. The summed E-state index contributed by atoms with van der Waals surface area (Å²) in [6.45, 7) is 0.300. The molecule has 0 saturated carbocycles. The van der Waals surface area contributed by atoms with Crippen molar-refractivity contribution >= 4 is 11.9 Å². The predicted molar refractivity (Wildman–Crippen MR) is 135 cm³/mol. The molecule has 1 amide bonds. The minimum absolute atomic E-state index is 0.177. The number of methoxy groups -OCH3 is 3. The van der Waals surface area contributed by atoms with Gasteiger partial charge in [0.1, 0.15) is 11.5 Å². The number of carboxylic acid groups (broad SMARTS) is 1. The number of nitrogens with zero attached hydrogens (tertiary/aromatic N) is 1. The van der Waals surface area contributed by atoms with E-state index in [1.54, 1.807) is 35.2 Å². The summed E-state index contributed by atoms with van der Waals surface area (Å²) in [7, 11) is 4.56. The van der Waals surface area contributed by atoms with Gasteiger partial charge in [-0.1, -0.05) is 36.4 Å². The van der Waals surface area contributed by atoms with Crippen molar-refractivity contribution in [3.63, 3.8) is 0 Å². The summed E-state index contributed by atoms with van der Waals surface area (Å²) >= 11 is 0. The molecule has 8 nitrogen and oxygen atoms in total. The summed E-state index contributed by atoms with van der Waals surface area (Å²) < 4.78 is 21.4. The Hall–Kier alpha value is -4.20. The fourth-order valence-electron chi connectivity index (χ4n) is 3.78. The number of carboxylic acids is 1. The van der Waals surface area contributed by atoms with Crippen molar-refractivity contribution in [2.75, 3.05) is 34.5 Å². The number of benzene rings is 3. The Labute approximate surface area is 211 Å². The molecule has 0 radical (unpaired) electrons. The maximum Gasteiger partial charge on any atom is 0.341 e. The highest BCUT2D eigenvalue weighted by molar-refractivity contribution is 5.95. The van der Waals surface area contributed by atoms with Crippen molar-refractivity contribution in [2.24, 2.45) is 0 Å². The SMILES string of the molecule is COc1cc(OC)cc(C(=O)N(CCCc2ccccc2)Cc2ccc(OC)c(OCC(=O)O)c2)c1. The molecule has 3 rings (SSSR count). The first-order chi connectivity index (χ1) is 17.4. The van der Waals surface area contributed by atoms with Crippen molar-refractivity contribution in [1.82, 2.24) is 4.90 Å². The molecule has 0 fully saturated rings. The Morgan fingerprint density at radius 1 is 0.806 bits per heavy atom. The predicted octanol–water partition coefficient (Wildman–Crippen LogP) is 4.45. The van der Waals surface area contributed by atoms with Crippen LogP contribution >= 0.6 is 0 Å². The average molecular weight is 494 g/mol. The van der Waals surface area contributed by atoms with Crippen LogP contribution in [0.15, 0.2) is 66.7 Å². The third-order valence-corrected chi connectivity index (χ3v) is 5.57. The number of aliphatic carboxylic acids is 1. The van der Waals surface area contributed by atoms with E-state index in [4.69, 9.17) is 24.1 Å². The Kier molecular flexibility index (Phi) is 9.56. The van der Waals surface area contributed by atoms with Crippen LogP contribution in [0.25, 0.3) is 0 Å². The smallest absolute Gasteiger partial charge is 0.341 e. The summed E-state index contributed by atoms with van der Waals surface area (Å²) in [4.78, 5) is 26.4. The molecular formula is C28H31NO7. The molecule has 1 N–H and O–H groups in total. The van der Waals surface area contributed by atoms with Gasteiger partial charge in [-0.25, -0.2) is 4.79 Å². The van der Waals surface area contributed by atoms with Gasteiger partial charge in [-0.2, -0.15) is 0 Å². The van der Waals surface area contributed by atoms with Gasteiger partial charge < -0.3 is 29.0 Å². The zero-order valence-corrected chi connectivity index (χ0v) is 20.7. The third kappa shape index (κ3) is 7.40. The standard InChI is InChI=1S/C28H31NO7/c1-33-23-15-22(16-24(17-23)34-2)28(32)29(13-7-10-20-8-5-4-6-9-20)18-21-11-12-25(35-3)26(14-21)36-19-27(30)31/h4-6,8-9,11-12,14-17H,7,10,13,18-19H2,1-3H3,(H,30,31). The van der Waals surface area contributed by atoms with Crippen molar-refractivity contribution in [3.05, 3.63) is 83.4 Å². The first kappa shape index (κ1) is 26.4. The summed E-state index contributed by atoms with van der Waals surface area (Å²) in [6.07, 6.45) is 1.58. The van der Waals surface area contributed by atoms with Gasteiger partial charge in [0.05, 0.1) is 21.3 Å². The molecule has 3 aromatic carbocycles. The number of amides is 1. The highest BCUT2D eigenvalue weighted by Crippen LogP contribution is 2.29. The van der Waals surface area contributed by atoms with Gasteiger partial charge in [-0.05, 0) is 48.2 Å². The molecule has 0 aliphatic rings. The second kappa shape index (κ2) is 13.0. The van der Waals surface area contributed by atoms with Crippen molar-refractivity contribution in [2.45, 2.75) is 19.4 Å². The second-order valence-electron chi connectivity index (χ2n) is 8.08. The highest BCUT2D eigenvalue weighted by Gasteiger charge is 2.19. The lowest BCUT2D eigenvalue weighted by Crippen LogP contribution is -2.32. The minimum Gasteiger partial charge on any atom is -0.497 e. The molecule has 8 heteroatoms. The monoisotopic (exact) mass is 493 g/mol. The van der Waals surface area contributed by atoms with Crippen LogP contribution in [-0.2, 0) is 17.8 Å². The van der Waals surface area contributed by atoms with Crippen LogP contribution in [0.1, 0.15) is 27.9 Å². The zero-order valence-electron chi connectivity index (χ0n) is 20.7. The molecule has 0 saturated heterocycles. The van der Waals surface area contributed by atoms with Crippen LogP contribution in [-0.4, -0.2) is 56.4 Å². The van der Waals surface area contributed by atoms with Crippen LogP contribution in [0.4, 0.5) is 0 Å². The number of rotatable bonds is 13. The van der Waals surface area contributed by atoms with Gasteiger partial charge >= 0.3 is 5.97 Å². The molecule has 0 unspecified atom stereocenters. The van der Waals surface area contributed by atoms with E-state index in [0.717, 1.165) is 18.4 Å². The Bertz CT molecular complexity index is 1140. The molecule has 0 spiro atoms. The van der Waals surface area contributed by atoms with Gasteiger partial charge in [-0.15, -0.1) is 0 Å². The van der Waals surface area contributed by atoms with Gasteiger partial charge in [0.2, 0.25) is 0 Å². The number of aryl methyl sites for hydroxylation is 1. The van der Waals surface area contributed by atoms with E-state index >= 15 is 0 Å². The minimum atomic E-state index is -1.09. The third-order valence-electron chi connectivity index (χ3n) is 5.57. The molecule has 190 valence electrons. The first-order valence-corrected chi connectivity index (χ1v) is 11.5. The van der Waals surface area contributed by atoms with Crippen LogP contribution in [0.3, 0.4) is 0 Å². The number of hydrogen-bond donors (Lipinski definition) is 1. The van der Waals surface area contributed by atoms with Crippen LogP contribution < -0.4 is 18.9 Å².